The van der Waals surface area contributed by atoms with Crippen molar-refractivity contribution in [3.8, 4) is 0 Å². The smallest absolute Gasteiger partial charge is 0.0701 e. The standard InChI is InChI=1S/C9H11N.C9H7N.2C8H7N/c2*1-2-6-9-8(4-1)5-3-7-10-9;2*1-2-4-8-7(3-1)5-6-9-8/h1-2,4,6,10H,3,5,7H2;1-7H;2*1-6,9H. The molecule has 3 N–H and O–H groups in total. The number of hydrogen-bond donors (Lipinski definition) is 3. The van der Waals surface area contributed by atoms with E-state index in [0.717, 1.165) is 12.1 Å². The molecule has 0 bridgehead atoms. The lowest BCUT2D eigenvalue weighted by atomic mass is 10.0. The van der Waals surface area contributed by atoms with E-state index < -0.39 is 0 Å². The van der Waals surface area contributed by atoms with Crippen molar-refractivity contribution in [2.24, 2.45) is 0 Å². The van der Waals surface area contributed by atoms with Crippen molar-refractivity contribution in [2.75, 3.05) is 11.9 Å². The molecule has 1 aliphatic rings. The second kappa shape index (κ2) is 12.9. The molecule has 188 valence electrons. The number of nitrogens with zero attached hydrogens (tertiary/aromatic N) is 1. The van der Waals surface area contributed by atoms with E-state index in [1.54, 1.807) is 0 Å². The summed E-state index contributed by atoms with van der Waals surface area (Å²) in [7, 11) is 0. The maximum Gasteiger partial charge on any atom is 0.0701 e. The van der Waals surface area contributed by atoms with E-state index in [0.29, 0.717) is 0 Å². The predicted molar refractivity (Wildman–Crippen MR) is 162 cm³/mol. The van der Waals surface area contributed by atoms with Crippen LogP contribution in [0.4, 0.5) is 5.69 Å². The molecule has 38 heavy (non-hydrogen) atoms. The molecule has 4 nitrogen and oxygen atoms in total. The molecule has 0 fully saturated rings. The summed E-state index contributed by atoms with van der Waals surface area (Å²) >= 11 is 0. The summed E-state index contributed by atoms with van der Waals surface area (Å²) in [6.07, 6.45) is 8.22. The van der Waals surface area contributed by atoms with E-state index in [1.807, 2.05) is 67.1 Å². The molecule has 0 atom stereocenters. The molecule has 0 aliphatic carbocycles. The van der Waals surface area contributed by atoms with Gasteiger partial charge in [-0.15, -0.1) is 0 Å². The van der Waals surface area contributed by atoms with Crippen LogP contribution >= 0.6 is 0 Å². The van der Waals surface area contributed by atoms with Crippen molar-refractivity contribution >= 4 is 38.4 Å². The largest absolute Gasteiger partial charge is 0.385 e. The second-order valence-corrected chi connectivity index (χ2v) is 9.01. The molecule has 4 aromatic carbocycles. The molecule has 0 saturated carbocycles. The molecule has 1 aliphatic heterocycles. The van der Waals surface area contributed by atoms with Crippen LogP contribution in [0.3, 0.4) is 0 Å². The summed E-state index contributed by atoms with van der Waals surface area (Å²) in [6.45, 7) is 1.14. The lowest BCUT2D eigenvalue weighted by molar-refractivity contribution is 0.830. The highest BCUT2D eigenvalue weighted by Crippen LogP contribution is 2.20. The normalized spacial score (nSPS) is 11.6. The Bertz CT molecular complexity index is 1480. The number of anilines is 1. The van der Waals surface area contributed by atoms with Gasteiger partial charge in [0.2, 0.25) is 0 Å². The molecule has 0 unspecified atom stereocenters. The predicted octanol–water partition coefficient (Wildman–Crippen LogP) is 8.62. The van der Waals surface area contributed by atoms with Crippen LogP contribution in [-0.4, -0.2) is 21.5 Å². The van der Waals surface area contributed by atoms with E-state index >= 15 is 0 Å². The Morgan fingerprint density at radius 3 is 1.76 bits per heavy atom. The van der Waals surface area contributed by atoms with Gasteiger partial charge < -0.3 is 15.3 Å². The average molecular weight is 497 g/mol. The molecular formula is C34H32N4. The van der Waals surface area contributed by atoms with Crippen molar-refractivity contribution in [3.05, 3.63) is 145 Å². The fourth-order valence-electron chi connectivity index (χ4n) is 4.42. The lowest BCUT2D eigenvalue weighted by Gasteiger charge is -2.16. The Morgan fingerprint density at radius 1 is 0.526 bits per heavy atom. The minimum absolute atomic E-state index is 1.06. The number of aromatic nitrogens is 3. The fraction of sp³-hybridized carbons (Fsp3) is 0.0882. The highest BCUT2D eigenvalue weighted by Gasteiger charge is 2.04. The van der Waals surface area contributed by atoms with Gasteiger partial charge in [0.05, 0.1) is 5.52 Å². The van der Waals surface area contributed by atoms with Gasteiger partial charge in [0.15, 0.2) is 0 Å². The number of hydrogen-bond acceptors (Lipinski definition) is 2. The third kappa shape index (κ3) is 6.68. The molecule has 4 heteroatoms. The van der Waals surface area contributed by atoms with Crippen LogP contribution < -0.4 is 5.32 Å². The van der Waals surface area contributed by atoms with E-state index in [4.69, 9.17) is 0 Å². The van der Waals surface area contributed by atoms with Gasteiger partial charge in [-0.2, -0.15) is 0 Å². The number of fused-ring (bicyclic) bond motifs is 4. The molecule has 8 rings (SSSR count). The Balaban J connectivity index is 0.000000103. The molecule has 7 aromatic rings. The number of para-hydroxylation sites is 4. The first-order valence-corrected chi connectivity index (χ1v) is 13.0. The Labute approximate surface area is 223 Å². The topological polar surface area (TPSA) is 56.5 Å². The first-order chi connectivity index (χ1) is 18.9. The van der Waals surface area contributed by atoms with Crippen LogP contribution in [0, 0.1) is 0 Å². The van der Waals surface area contributed by atoms with Gasteiger partial charge in [0, 0.05) is 47.2 Å². The molecule has 0 amide bonds. The maximum atomic E-state index is 4.18. The van der Waals surface area contributed by atoms with Crippen molar-refractivity contribution in [1.29, 1.82) is 0 Å². The Kier molecular flexibility index (Phi) is 8.45. The molecule has 4 heterocycles. The summed E-state index contributed by atoms with van der Waals surface area (Å²) < 4.78 is 0. The van der Waals surface area contributed by atoms with Crippen LogP contribution in [0.25, 0.3) is 32.7 Å². The van der Waals surface area contributed by atoms with E-state index in [2.05, 4.69) is 93.1 Å². The summed E-state index contributed by atoms with van der Waals surface area (Å²) in [6, 6.07) is 41.2. The monoisotopic (exact) mass is 496 g/mol. The zero-order chi connectivity index (χ0) is 25.8. The van der Waals surface area contributed by atoms with Crippen LogP contribution in [0.2, 0.25) is 0 Å². The Hall–Kier alpha value is -4.83. The zero-order valence-corrected chi connectivity index (χ0v) is 21.3. The second-order valence-electron chi connectivity index (χ2n) is 9.01. The third-order valence-corrected chi connectivity index (χ3v) is 6.39. The van der Waals surface area contributed by atoms with Gasteiger partial charge in [0.25, 0.3) is 0 Å². The summed E-state index contributed by atoms with van der Waals surface area (Å²) in [5, 5.41) is 7.11. The number of rotatable bonds is 0. The summed E-state index contributed by atoms with van der Waals surface area (Å²) in [5.41, 5.74) is 6.27. The quantitative estimate of drug-likeness (QED) is 0.197. The first kappa shape index (κ1) is 24.8. The van der Waals surface area contributed by atoms with Crippen LogP contribution in [0.1, 0.15) is 12.0 Å². The highest BCUT2D eigenvalue weighted by atomic mass is 14.9. The van der Waals surface area contributed by atoms with E-state index in [-0.39, 0.29) is 0 Å². The van der Waals surface area contributed by atoms with Gasteiger partial charge in [-0.3, -0.25) is 4.98 Å². The van der Waals surface area contributed by atoms with E-state index in [9.17, 15) is 0 Å². The first-order valence-electron chi connectivity index (χ1n) is 13.0. The number of aryl methyl sites for hydroxylation is 1. The van der Waals surface area contributed by atoms with Gasteiger partial charge in [-0.25, -0.2) is 0 Å². The van der Waals surface area contributed by atoms with Crippen molar-refractivity contribution in [1.82, 2.24) is 15.0 Å². The SMILES string of the molecule is c1ccc2[nH]ccc2c1.c1ccc2[nH]ccc2c1.c1ccc2c(c1)CCCN2.c1ccc2ncccc2c1. The number of H-pyrrole nitrogens is 2. The number of benzene rings is 4. The molecule has 3 aromatic heterocycles. The fourth-order valence-corrected chi connectivity index (χ4v) is 4.42. The molecule has 0 spiro atoms. The van der Waals surface area contributed by atoms with Gasteiger partial charge >= 0.3 is 0 Å². The minimum Gasteiger partial charge on any atom is -0.385 e. The number of aromatic amines is 2. The van der Waals surface area contributed by atoms with Gasteiger partial charge in [0.1, 0.15) is 0 Å². The average Bonchev–Trinajstić information content (AvgIpc) is 3.68. The van der Waals surface area contributed by atoms with Gasteiger partial charge in [-0.1, -0.05) is 78.9 Å². The maximum absolute atomic E-state index is 4.18. The summed E-state index contributed by atoms with van der Waals surface area (Å²) in [5.74, 6) is 0. The van der Waals surface area contributed by atoms with Crippen LogP contribution in [-0.2, 0) is 6.42 Å². The number of nitrogens with one attached hydrogen (secondary N) is 3. The van der Waals surface area contributed by atoms with Gasteiger partial charge in [-0.05, 0) is 71.6 Å². The zero-order valence-electron chi connectivity index (χ0n) is 21.3. The Morgan fingerprint density at radius 2 is 1.11 bits per heavy atom. The summed E-state index contributed by atoms with van der Waals surface area (Å²) in [4.78, 5) is 10.4. The third-order valence-electron chi connectivity index (χ3n) is 6.39. The highest BCUT2D eigenvalue weighted by molar-refractivity contribution is 5.79. The van der Waals surface area contributed by atoms with E-state index in [1.165, 1.54) is 51.3 Å². The lowest BCUT2D eigenvalue weighted by Crippen LogP contribution is -2.10. The molecule has 0 saturated heterocycles. The van der Waals surface area contributed by atoms with Crippen molar-refractivity contribution < 1.29 is 0 Å². The van der Waals surface area contributed by atoms with Crippen molar-refractivity contribution in [3.63, 3.8) is 0 Å². The molecular weight excluding hydrogens is 464 g/mol. The van der Waals surface area contributed by atoms with Crippen LogP contribution in [0.15, 0.2) is 140 Å². The minimum atomic E-state index is 1.06. The van der Waals surface area contributed by atoms with Crippen molar-refractivity contribution in [2.45, 2.75) is 12.8 Å². The molecule has 0 radical (unpaired) electrons. The number of pyridine rings is 1. The van der Waals surface area contributed by atoms with Crippen LogP contribution in [0.5, 0.6) is 0 Å².